The van der Waals surface area contributed by atoms with Gasteiger partial charge in [0.05, 0.1) is 5.56 Å². The Bertz CT molecular complexity index is 3270. The summed E-state index contributed by atoms with van der Waals surface area (Å²) < 4.78 is 6.90. The summed E-state index contributed by atoms with van der Waals surface area (Å²) in [5.41, 5.74) is 13.5. The maximum atomic E-state index is 6.90. The first-order chi connectivity index (χ1) is 29.2. The standard InChI is InChI=1S/C55H35N3O/c1-4-12-36(13-5-1)38-20-22-40(23-21-38)41-24-26-42(27-25-41)45-32-33-48-50(35-45)59-52-49(34-46-18-10-11-19-47(46)51(48)52)55-57-53(43-16-8-3-9-17-43)56-54(58-55)44-30-28-39(29-31-44)37-14-6-2-7-15-37/h1-35H. The molecule has 0 aliphatic heterocycles. The Labute approximate surface area is 341 Å². The summed E-state index contributed by atoms with van der Waals surface area (Å²) in [6.45, 7) is 0. The number of nitrogens with zero attached hydrogens (tertiary/aromatic N) is 3. The Kier molecular flexibility index (Phi) is 8.45. The lowest BCUT2D eigenvalue weighted by Crippen LogP contribution is -2.00. The summed E-state index contributed by atoms with van der Waals surface area (Å²) in [6, 6.07) is 74.1. The summed E-state index contributed by atoms with van der Waals surface area (Å²) in [5.74, 6) is 1.76. The molecule has 0 unspecified atom stereocenters. The Morgan fingerprint density at radius 2 is 0.678 bits per heavy atom. The first-order valence-electron chi connectivity index (χ1n) is 19.8. The van der Waals surface area contributed by atoms with Crippen LogP contribution in [-0.4, -0.2) is 15.0 Å². The SMILES string of the molecule is c1ccc(-c2ccc(-c3ccc(-c4ccc5c(c4)oc4c(-c6nc(-c7ccccc7)nc(-c7ccc(-c8ccccc8)cc7)n6)cc6ccccc6c45)cc3)cc2)cc1. The zero-order chi connectivity index (χ0) is 39.1. The lowest BCUT2D eigenvalue weighted by molar-refractivity contribution is 0.670. The van der Waals surface area contributed by atoms with Gasteiger partial charge in [-0.15, -0.1) is 0 Å². The number of furan rings is 1. The summed E-state index contributed by atoms with van der Waals surface area (Å²) in [5, 5.41) is 4.30. The molecule has 2 aromatic heterocycles. The second kappa shape index (κ2) is 14.5. The highest BCUT2D eigenvalue weighted by Gasteiger charge is 2.21. The highest BCUT2D eigenvalue weighted by atomic mass is 16.3. The van der Waals surface area contributed by atoms with Gasteiger partial charge in [0.15, 0.2) is 17.5 Å². The van der Waals surface area contributed by atoms with Crippen LogP contribution in [0.5, 0.6) is 0 Å². The molecular formula is C55H35N3O. The Balaban J connectivity index is 1.01. The van der Waals surface area contributed by atoms with Crippen LogP contribution in [0.25, 0.3) is 111 Å². The van der Waals surface area contributed by atoms with Gasteiger partial charge in [0.1, 0.15) is 11.2 Å². The Hall–Kier alpha value is -7.95. The second-order valence-corrected chi connectivity index (χ2v) is 14.8. The van der Waals surface area contributed by atoms with Crippen molar-refractivity contribution in [3.8, 4) is 78.7 Å². The topological polar surface area (TPSA) is 51.8 Å². The monoisotopic (exact) mass is 753 g/mol. The van der Waals surface area contributed by atoms with Crippen LogP contribution < -0.4 is 0 Å². The quantitative estimate of drug-likeness (QED) is 0.163. The Morgan fingerprint density at radius 3 is 1.22 bits per heavy atom. The number of aromatic nitrogens is 3. The number of rotatable bonds is 7. The average Bonchev–Trinajstić information content (AvgIpc) is 3.71. The van der Waals surface area contributed by atoms with Gasteiger partial charge in [0, 0.05) is 21.9 Å². The van der Waals surface area contributed by atoms with Gasteiger partial charge in [0.2, 0.25) is 0 Å². The van der Waals surface area contributed by atoms with Crippen molar-refractivity contribution >= 4 is 32.7 Å². The smallest absolute Gasteiger partial charge is 0.167 e. The number of benzene rings is 9. The van der Waals surface area contributed by atoms with Gasteiger partial charge in [-0.2, -0.15) is 0 Å². The number of fused-ring (bicyclic) bond motifs is 5. The van der Waals surface area contributed by atoms with E-state index >= 15 is 0 Å². The fourth-order valence-electron chi connectivity index (χ4n) is 8.10. The van der Waals surface area contributed by atoms with Gasteiger partial charge in [-0.1, -0.05) is 194 Å². The molecule has 0 saturated carbocycles. The third kappa shape index (κ3) is 6.43. The molecule has 4 heteroatoms. The van der Waals surface area contributed by atoms with Crippen molar-refractivity contribution in [1.29, 1.82) is 0 Å². The van der Waals surface area contributed by atoms with Crippen LogP contribution in [-0.2, 0) is 0 Å². The van der Waals surface area contributed by atoms with E-state index in [2.05, 4.69) is 170 Å². The normalized spacial score (nSPS) is 11.4. The van der Waals surface area contributed by atoms with Gasteiger partial charge in [0.25, 0.3) is 0 Å². The largest absolute Gasteiger partial charge is 0.455 e. The van der Waals surface area contributed by atoms with Crippen molar-refractivity contribution in [3.05, 3.63) is 212 Å². The van der Waals surface area contributed by atoms with Crippen molar-refractivity contribution in [2.45, 2.75) is 0 Å². The predicted molar refractivity (Wildman–Crippen MR) is 243 cm³/mol. The van der Waals surface area contributed by atoms with Crippen molar-refractivity contribution in [3.63, 3.8) is 0 Å². The van der Waals surface area contributed by atoms with Crippen LogP contribution in [0.1, 0.15) is 0 Å². The molecule has 11 rings (SSSR count). The van der Waals surface area contributed by atoms with Crippen LogP contribution in [0, 0.1) is 0 Å². The number of hydrogen-bond acceptors (Lipinski definition) is 4. The second-order valence-electron chi connectivity index (χ2n) is 14.8. The first-order valence-corrected chi connectivity index (χ1v) is 19.8. The molecule has 2 heterocycles. The average molecular weight is 754 g/mol. The molecule has 0 amide bonds. The molecule has 0 bridgehead atoms. The molecule has 9 aromatic carbocycles. The molecule has 0 aliphatic rings. The van der Waals surface area contributed by atoms with E-state index in [-0.39, 0.29) is 0 Å². The predicted octanol–water partition coefficient (Wildman–Crippen LogP) is 14.6. The molecule has 59 heavy (non-hydrogen) atoms. The molecular weight excluding hydrogens is 719 g/mol. The number of hydrogen-bond donors (Lipinski definition) is 0. The zero-order valence-electron chi connectivity index (χ0n) is 32.0. The molecule has 11 aromatic rings. The molecule has 0 saturated heterocycles. The Morgan fingerprint density at radius 1 is 0.288 bits per heavy atom. The molecule has 0 atom stereocenters. The molecule has 0 fully saturated rings. The highest BCUT2D eigenvalue weighted by molar-refractivity contribution is 6.22. The molecule has 0 spiro atoms. The fraction of sp³-hybridized carbons (Fsp3) is 0. The molecule has 276 valence electrons. The van der Waals surface area contributed by atoms with Crippen LogP contribution in [0.15, 0.2) is 217 Å². The highest BCUT2D eigenvalue weighted by Crippen LogP contribution is 2.42. The van der Waals surface area contributed by atoms with Crippen LogP contribution in [0.2, 0.25) is 0 Å². The first kappa shape index (κ1) is 34.3. The van der Waals surface area contributed by atoms with E-state index in [1.807, 2.05) is 42.5 Å². The van der Waals surface area contributed by atoms with Crippen LogP contribution in [0.3, 0.4) is 0 Å². The van der Waals surface area contributed by atoms with E-state index in [0.29, 0.717) is 17.5 Å². The van der Waals surface area contributed by atoms with E-state index in [9.17, 15) is 0 Å². The summed E-state index contributed by atoms with van der Waals surface area (Å²) in [6.07, 6.45) is 0. The van der Waals surface area contributed by atoms with Crippen LogP contribution in [0.4, 0.5) is 0 Å². The maximum Gasteiger partial charge on any atom is 0.167 e. The van der Waals surface area contributed by atoms with E-state index in [1.54, 1.807) is 0 Å². The summed E-state index contributed by atoms with van der Waals surface area (Å²) >= 11 is 0. The third-order valence-corrected chi connectivity index (χ3v) is 11.2. The maximum absolute atomic E-state index is 6.90. The van der Waals surface area contributed by atoms with Crippen molar-refractivity contribution in [1.82, 2.24) is 15.0 Å². The minimum absolute atomic E-state index is 0.559. The third-order valence-electron chi connectivity index (χ3n) is 11.2. The van der Waals surface area contributed by atoms with Gasteiger partial charge in [-0.25, -0.2) is 15.0 Å². The van der Waals surface area contributed by atoms with E-state index in [0.717, 1.165) is 71.7 Å². The minimum atomic E-state index is 0.559. The lowest BCUT2D eigenvalue weighted by Gasteiger charge is -2.10. The lowest BCUT2D eigenvalue weighted by atomic mass is 9.97. The summed E-state index contributed by atoms with van der Waals surface area (Å²) in [7, 11) is 0. The molecule has 0 aliphatic carbocycles. The van der Waals surface area contributed by atoms with Gasteiger partial charge in [-0.3, -0.25) is 0 Å². The zero-order valence-corrected chi connectivity index (χ0v) is 32.0. The minimum Gasteiger partial charge on any atom is -0.455 e. The van der Waals surface area contributed by atoms with E-state index < -0.39 is 0 Å². The van der Waals surface area contributed by atoms with Crippen molar-refractivity contribution < 1.29 is 4.42 Å². The summed E-state index contributed by atoms with van der Waals surface area (Å²) in [4.78, 5) is 15.3. The fourth-order valence-corrected chi connectivity index (χ4v) is 8.10. The van der Waals surface area contributed by atoms with Gasteiger partial charge >= 0.3 is 0 Å². The molecule has 0 radical (unpaired) electrons. The molecule has 4 nitrogen and oxygen atoms in total. The van der Waals surface area contributed by atoms with Gasteiger partial charge < -0.3 is 4.42 Å². The van der Waals surface area contributed by atoms with Gasteiger partial charge in [-0.05, 0) is 73.5 Å². The van der Waals surface area contributed by atoms with E-state index in [1.165, 1.54) is 22.3 Å². The van der Waals surface area contributed by atoms with Crippen LogP contribution >= 0.6 is 0 Å². The molecule has 0 N–H and O–H groups in total. The van der Waals surface area contributed by atoms with E-state index in [4.69, 9.17) is 19.4 Å². The van der Waals surface area contributed by atoms with Crippen molar-refractivity contribution in [2.75, 3.05) is 0 Å². The van der Waals surface area contributed by atoms with Crippen molar-refractivity contribution in [2.24, 2.45) is 0 Å².